The second-order valence-corrected chi connectivity index (χ2v) is 10.6. The summed E-state index contributed by atoms with van der Waals surface area (Å²) in [5.41, 5.74) is 1.13. The Morgan fingerprint density at radius 1 is 1.21 bits per heavy atom. The first-order valence-corrected chi connectivity index (χ1v) is 11.4. The van der Waals surface area contributed by atoms with E-state index in [1.54, 1.807) is 11.3 Å². The van der Waals surface area contributed by atoms with Crippen LogP contribution in [0.25, 0.3) is 10.2 Å². The third-order valence-electron chi connectivity index (χ3n) is 5.57. The SMILES string of the molecule is CCCCN(C(=O)CCc1nc2ccccc2s1)C1CC(C)(C)NC(C)(C)C1. The molecule has 0 aliphatic carbocycles. The molecule has 0 atom stereocenters. The van der Waals surface area contributed by atoms with Crippen LogP contribution in [0.2, 0.25) is 0 Å². The Hall–Kier alpha value is -1.46. The number of carbonyl (C=O) groups excluding carboxylic acids is 1. The molecule has 1 aliphatic heterocycles. The molecule has 1 N–H and O–H groups in total. The number of aromatic nitrogens is 1. The summed E-state index contributed by atoms with van der Waals surface area (Å²) in [5.74, 6) is 0.284. The zero-order chi connectivity index (χ0) is 20.4. The highest BCUT2D eigenvalue weighted by molar-refractivity contribution is 7.18. The molecule has 3 rings (SSSR count). The fourth-order valence-electron chi connectivity index (χ4n) is 4.71. The standard InChI is InChI=1S/C23H35N3OS/c1-6-7-14-26(17-15-22(2,3)25-23(4,5)16-17)21(27)13-12-20-24-18-10-8-9-11-19(18)28-20/h8-11,17,25H,6-7,12-16H2,1-5H3. The van der Waals surface area contributed by atoms with E-state index in [-0.39, 0.29) is 17.0 Å². The Bertz CT molecular complexity index is 762. The summed E-state index contributed by atoms with van der Waals surface area (Å²) in [6.45, 7) is 12.1. The Morgan fingerprint density at radius 3 is 2.54 bits per heavy atom. The predicted octanol–water partition coefficient (Wildman–Crippen LogP) is 5.17. The van der Waals surface area contributed by atoms with Crippen molar-refractivity contribution in [1.82, 2.24) is 15.2 Å². The first kappa shape index (κ1) is 21.3. The van der Waals surface area contributed by atoms with Crippen LogP contribution >= 0.6 is 11.3 Å². The van der Waals surface area contributed by atoms with Crippen molar-refractivity contribution in [2.75, 3.05) is 6.54 Å². The van der Waals surface area contributed by atoms with Crippen molar-refractivity contribution in [3.63, 3.8) is 0 Å². The number of thiazole rings is 1. The van der Waals surface area contributed by atoms with Gasteiger partial charge in [-0.2, -0.15) is 0 Å². The van der Waals surface area contributed by atoms with Crippen LogP contribution in [0.15, 0.2) is 24.3 Å². The molecule has 0 unspecified atom stereocenters. The first-order valence-electron chi connectivity index (χ1n) is 10.6. The first-order chi connectivity index (χ1) is 13.2. The van der Waals surface area contributed by atoms with E-state index in [0.717, 1.165) is 49.2 Å². The molecule has 0 bridgehead atoms. The molecular formula is C23H35N3OS. The highest BCUT2D eigenvalue weighted by Crippen LogP contribution is 2.32. The lowest BCUT2D eigenvalue weighted by Crippen LogP contribution is -2.62. The molecule has 1 saturated heterocycles. The van der Waals surface area contributed by atoms with Gasteiger partial charge in [0.1, 0.15) is 0 Å². The number of carbonyl (C=O) groups is 1. The molecule has 4 nitrogen and oxygen atoms in total. The molecule has 1 aromatic heterocycles. The summed E-state index contributed by atoms with van der Waals surface area (Å²) in [4.78, 5) is 20.1. The molecule has 5 heteroatoms. The zero-order valence-electron chi connectivity index (χ0n) is 18.0. The lowest BCUT2D eigenvalue weighted by Gasteiger charge is -2.49. The van der Waals surface area contributed by atoms with Gasteiger partial charge >= 0.3 is 0 Å². The second kappa shape index (κ2) is 8.50. The molecular weight excluding hydrogens is 366 g/mol. The molecule has 2 aromatic rings. The number of rotatable bonds is 7. The number of para-hydroxylation sites is 1. The fourth-order valence-corrected chi connectivity index (χ4v) is 5.68. The normalized spacial score (nSPS) is 19.0. The van der Waals surface area contributed by atoms with Gasteiger partial charge in [-0.25, -0.2) is 4.98 Å². The minimum Gasteiger partial charge on any atom is -0.340 e. The maximum atomic E-state index is 13.2. The van der Waals surface area contributed by atoms with Gasteiger partial charge in [-0.3, -0.25) is 4.79 Å². The van der Waals surface area contributed by atoms with Crippen molar-refractivity contribution < 1.29 is 4.79 Å². The van der Waals surface area contributed by atoms with E-state index in [0.29, 0.717) is 12.5 Å². The summed E-state index contributed by atoms with van der Waals surface area (Å²) in [6.07, 6.45) is 5.48. The molecule has 1 aromatic carbocycles. The van der Waals surface area contributed by atoms with Gasteiger partial charge in [0.25, 0.3) is 0 Å². The third kappa shape index (κ3) is 5.32. The molecule has 28 heavy (non-hydrogen) atoms. The van der Waals surface area contributed by atoms with Gasteiger partial charge in [0, 0.05) is 36.5 Å². The summed E-state index contributed by atoms with van der Waals surface area (Å²) in [5, 5.41) is 4.80. The number of hydrogen-bond acceptors (Lipinski definition) is 4. The van der Waals surface area contributed by atoms with Crippen LogP contribution < -0.4 is 5.32 Å². The zero-order valence-corrected chi connectivity index (χ0v) is 18.9. The smallest absolute Gasteiger partial charge is 0.223 e. The monoisotopic (exact) mass is 401 g/mol. The maximum absolute atomic E-state index is 13.2. The number of aryl methyl sites for hydroxylation is 1. The number of fused-ring (bicyclic) bond motifs is 1. The minimum atomic E-state index is 0.0458. The van der Waals surface area contributed by atoms with E-state index in [2.05, 4.69) is 50.9 Å². The molecule has 0 radical (unpaired) electrons. The Balaban J connectivity index is 1.70. The third-order valence-corrected chi connectivity index (χ3v) is 6.67. The van der Waals surface area contributed by atoms with Crippen LogP contribution in [0, 0.1) is 0 Å². The molecule has 1 aliphatic rings. The summed E-state index contributed by atoms with van der Waals surface area (Å²) in [7, 11) is 0. The molecule has 2 heterocycles. The van der Waals surface area contributed by atoms with Crippen LogP contribution in [0.4, 0.5) is 0 Å². The Morgan fingerprint density at radius 2 is 1.89 bits per heavy atom. The van der Waals surface area contributed by atoms with Gasteiger partial charge in [-0.1, -0.05) is 25.5 Å². The quantitative estimate of drug-likeness (QED) is 0.696. The molecule has 1 fully saturated rings. The van der Waals surface area contributed by atoms with Crippen molar-refractivity contribution in [1.29, 1.82) is 0 Å². The van der Waals surface area contributed by atoms with Crippen molar-refractivity contribution in [2.45, 2.75) is 90.3 Å². The fraction of sp³-hybridized carbons (Fsp3) is 0.652. The van der Waals surface area contributed by atoms with E-state index in [9.17, 15) is 4.79 Å². The number of benzene rings is 1. The van der Waals surface area contributed by atoms with E-state index < -0.39 is 0 Å². The number of amides is 1. The van der Waals surface area contributed by atoms with E-state index in [4.69, 9.17) is 4.98 Å². The molecule has 0 saturated carbocycles. The van der Waals surface area contributed by atoms with Gasteiger partial charge < -0.3 is 10.2 Å². The average Bonchev–Trinajstić information content (AvgIpc) is 3.00. The van der Waals surface area contributed by atoms with Crippen LogP contribution in [-0.4, -0.2) is 39.5 Å². The van der Waals surface area contributed by atoms with Crippen LogP contribution in [0.1, 0.15) is 71.7 Å². The van der Waals surface area contributed by atoms with E-state index >= 15 is 0 Å². The van der Waals surface area contributed by atoms with Crippen LogP contribution in [0.3, 0.4) is 0 Å². The lowest BCUT2D eigenvalue weighted by molar-refractivity contribution is -0.135. The number of unbranched alkanes of at least 4 members (excludes halogenated alkanes) is 1. The van der Waals surface area contributed by atoms with Gasteiger partial charge in [0.15, 0.2) is 0 Å². The maximum Gasteiger partial charge on any atom is 0.223 e. The average molecular weight is 402 g/mol. The topological polar surface area (TPSA) is 45.2 Å². The lowest BCUT2D eigenvalue weighted by atomic mass is 9.79. The highest BCUT2D eigenvalue weighted by Gasteiger charge is 2.40. The van der Waals surface area contributed by atoms with Crippen molar-refractivity contribution in [3.05, 3.63) is 29.3 Å². The minimum absolute atomic E-state index is 0.0458. The summed E-state index contributed by atoms with van der Waals surface area (Å²) < 4.78 is 1.20. The van der Waals surface area contributed by atoms with Crippen molar-refractivity contribution in [3.8, 4) is 0 Å². The molecule has 154 valence electrons. The van der Waals surface area contributed by atoms with E-state index in [1.807, 2.05) is 18.2 Å². The van der Waals surface area contributed by atoms with Gasteiger partial charge in [-0.05, 0) is 59.1 Å². The summed E-state index contributed by atoms with van der Waals surface area (Å²) >= 11 is 1.71. The van der Waals surface area contributed by atoms with Crippen LogP contribution in [-0.2, 0) is 11.2 Å². The van der Waals surface area contributed by atoms with Crippen molar-refractivity contribution in [2.24, 2.45) is 0 Å². The number of hydrogen-bond donors (Lipinski definition) is 1. The molecule has 0 spiro atoms. The highest BCUT2D eigenvalue weighted by atomic mass is 32.1. The predicted molar refractivity (Wildman–Crippen MR) is 119 cm³/mol. The summed E-state index contributed by atoms with van der Waals surface area (Å²) in [6, 6.07) is 8.52. The van der Waals surface area contributed by atoms with Gasteiger partial charge in [-0.15, -0.1) is 11.3 Å². The van der Waals surface area contributed by atoms with Crippen molar-refractivity contribution >= 4 is 27.5 Å². The second-order valence-electron chi connectivity index (χ2n) is 9.47. The largest absolute Gasteiger partial charge is 0.340 e. The van der Waals surface area contributed by atoms with Gasteiger partial charge in [0.05, 0.1) is 15.2 Å². The van der Waals surface area contributed by atoms with Gasteiger partial charge in [0.2, 0.25) is 5.91 Å². The molecule has 1 amide bonds. The number of piperidine rings is 1. The number of nitrogens with zero attached hydrogens (tertiary/aromatic N) is 2. The van der Waals surface area contributed by atoms with E-state index in [1.165, 1.54) is 4.70 Å². The van der Waals surface area contributed by atoms with Crippen LogP contribution in [0.5, 0.6) is 0 Å². The Kier molecular flexibility index (Phi) is 6.45. The Labute approximate surface area is 173 Å². The number of nitrogens with one attached hydrogen (secondary N) is 1.